The quantitative estimate of drug-likeness (QED) is 0.720. The van der Waals surface area contributed by atoms with Gasteiger partial charge in [-0.05, 0) is 36.6 Å². The third kappa shape index (κ3) is 3.98. The van der Waals surface area contributed by atoms with Crippen LogP contribution in [0.2, 0.25) is 0 Å². The number of aromatic nitrogens is 3. The molecule has 9 nitrogen and oxygen atoms in total. The number of amides is 4. The Morgan fingerprint density at radius 1 is 1.21 bits per heavy atom. The Bertz CT molecular complexity index is 905. The molecule has 9 heteroatoms. The van der Waals surface area contributed by atoms with Crippen LogP contribution in [0.1, 0.15) is 44.1 Å². The zero-order valence-corrected chi connectivity index (χ0v) is 16.1. The molecule has 4 amide bonds. The van der Waals surface area contributed by atoms with Gasteiger partial charge in [0.05, 0.1) is 0 Å². The van der Waals surface area contributed by atoms with Crippen molar-refractivity contribution < 1.29 is 14.4 Å². The molecule has 1 aliphatic heterocycles. The number of carbonyl (C=O) groups is 3. The van der Waals surface area contributed by atoms with Crippen LogP contribution in [-0.4, -0.2) is 49.6 Å². The average molecular weight is 396 g/mol. The molecule has 4 rings (SSSR count). The minimum atomic E-state index is -0.744. The number of pyridine rings is 1. The van der Waals surface area contributed by atoms with E-state index in [1.807, 2.05) is 18.2 Å². The fourth-order valence-electron chi connectivity index (χ4n) is 3.98. The summed E-state index contributed by atoms with van der Waals surface area (Å²) in [6, 6.07) is 5.08. The van der Waals surface area contributed by atoms with Crippen molar-refractivity contribution in [3.05, 3.63) is 42.4 Å². The van der Waals surface area contributed by atoms with E-state index in [4.69, 9.17) is 0 Å². The number of hydrogen-bond donors (Lipinski definition) is 2. The van der Waals surface area contributed by atoms with Crippen molar-refractivity contribution in [1.82, 2.24) is 30.3 Å². The molecule has 0 bridgehead atoms. The van der Waals surface area contributed by atoms with E-state index in [1.165, 1.54) is 4.90 Å². The highest BCUT2D eigenvalue weighted by Crippen LogP contribution is 2.33. The number of urea groups is 1. The van der Waals surface area contributed by atoms with Crippen molar-refractivity contribution in [3.8, 4) is 5.82 Å². The Balaban J connectivity index is 1.29. The second kappa shape index (κ2) is 8.02. The molecule has 0 radical (unpaired) electrons. The van der Waals surface area contributed by atoms with Gasteiger partial charge in [-0.1, -0.05) is 19.3 Å². The van der Waals surface area contributed by atoms with Crippen LogP contribution in [0.5, 0.6) is 0 Å². The van der Waals surface area contributed by atoms with Crippen molar-refractivity contribution in [2.24, 2.45) is 0 Å². The number of imide groups is 1. The summed E-state index contributed by atoms with van der Waals surface area (Å²) < 4.78 is 1.64. The Morgan fingerprint density at radius 2 is 2.03 bits per heavy atom. The van der Waals surface area contributed by atoms with Gasteiger partial charge < -0.3 is 10.6 Å². The first-order valence-electron chi connectivity index (χ1n) is 9.93. The maximum absolute atomic E-state index is 12.7. The summed E-state index contributed by atoms with van der Waals surface area (Å²) in [6.45, 7) is 0.423. The van der Waals surface area contributed by atoms with E-state index >= 15 is 0 Å². The van der Waals surface area contributed by atoms with Crippen LogP contribution in [0.15, 0.2) is 36.8 Å². The van der Waals surface area contributed by atoms with Crippen molar-refractivity contribution in [2.45, 2.75) is 50.6 Å². The van der Waals surface area contributed by atoms with Crippen LogP contribution < -0.4 is 10.6 Å². The number of rotatable bonds is 6. The topological polar surface area (TPSA) is 109 Å². The van der Waals surface area contributed by atoms with E-state index in [9.17, 15) is 14.4 Å². The highest BCUT2D eigenvalue weighted by atomic mass is 16.2. The smallest absolute Gasteiger partial charge is 0.325 e. The van der Waals surface area contributed by atoms with Crippen molar-refractivity contribution in [1.29, 1.82) is 0 Å². The van der Waals surface area contributed by atoms with E-state index < -0.39 is 5.54 Å². The Labute approximate surface area is 168 Å². The normalized spacial score (nSPS) is 18.1. The minimum absolute atomic E-state index is 0.0757. The second-order valence-electron chi connectivity index (χ2n) is 7.53. The molecule has 0 aromatic carbocycles. The third-order valence-electron chi connectivity index (χ3n) is 5.55. The lowest BCUT2D eigenvalue weighted by Crippen LogP contribution is -2.48. The maximum atomic E-state index is 12.7. The SMILES string of the molecule is O=C(CCN1C(=O)NC2(CCCCC2)C1=O)NCc1ccnc(-n2cccn2)c1. The van der Waals surface area contributed by atoms with Gasteiger partial charge in [-0.3, -0.25) is 14.5 Å². The summed E-state index contributed by atoms with van der Waals surface area (Å²) in [5.41, 5.74) is 0.140. The monoisotopic (exact) mass is 396 g/mol. The molecular formula is C20H24N6O3. The lowest BCUT2D eigenvalue weighted by molar-refractivity contribution is -0.132. The van der Waals surface area contributed by atoms with Gasteiger partial charge in [0.1, 0.15) is 5.54 Å². The fraction of sp³-hybridized carbons (Fsp3) is 0.450. The van der Waals surface area contributed by atoms with Gasteiger partial charge in [0.2, 0.25) is 5.91 Å². The average Bonchev–Trinajstić information content (AvgIpc) is 3.34. The summed E-state index contributed by atoms with van der Waals surface area (Å²) in [6.07, 6.45) is 9.53. The lowest BCUT2D eigenvalue weighted by atomic mass is 9.82. The predicted molar refractivity (Wildman–Crippen MR) is 104 cm³/mol. The highest BCUT2D eigenvalue weighted by Gasteiger charge is 2.50. The molecule has 2 N–H and O–H groups in total. The molecule has 0 atom stereocenters. The summed E-state index contributed by atoms with van der Waals surface area (Å²) in [7, 11) is 0. The Hall–Kier alpha value is -3.23. The molecule has 1 saturated carbocycles. The first-order chi connectivity index (χ1) is 14.1. The molecule has 29 heavy (non-hydrogen) atoms. The molecule has 1 saturated heterocycles. The molecular weight excluding hydrogens is 372 g/mol. The van der Waals surface area contributed by atoms with E-state index in [0.717, 1.165) is 24.8 Å². The number of nitrogens with zero attached hydrogens (tertiary/aromatic N) is 4. The van der Waals surface area contributed by atoms with Gasteiger partial charge in [0.15, 0.2) is 5.82 Å². The standard InChI is InChI=1S/C20H24N6O3/c27-17(22-14-15-5-10-21-16(13-15)26-11-4-9-23-26)6-12-25-18(28)20(24-19(25)29)7-2-1-3-8-20/h4-5,9-11,13H,1-3,6-8,12,14H2,(H,22,27)(H,24,29). The first-order valence-corrected chi connectivity index (χ1v) is 9.93. The van der Waals surface area contributed by atoms with Gasteiger partial charge in [0, 0.05) is 38.1 Å². The maximum Gasteiger partial charge on any atom is 0.325 e. The highest BCUT2D eigenvalue weighted by molar-refractivity contribution is 6.07. The Morgan fingerprint density at radius 3 is 2.79 bits per heavy atom. The lowest BCUT2D eigenvalue weighted by Gasteiger charge is -2.30. The van der Waals surface area contributed by atoms with Crippen LogP contribution in [0.25, 0.3) is 5.82 Å². The van der Waals surface area contributed by atoms with Crippen LogP contribution in [0, 0.1) is 0 Å². The molecule has 2 aromatic heterocycles. The summed E-state index contributed by atoms with van der Waals surface area (Å²) >= 11 is 0. The molecule has 152 valence electrons. The predicted octanol–water partition coefficient (Wildman–Crippen LogP) is 1.53. The number of carbonyl (C=O) groups excluding carboxylic acids is 3. The van der Waals surface area contributed by atoms with Gasteiger partial charge in [-0.25, -0.2) is 14.5 Å². The third-order valence-corrected chi connectivity index (χ3v) is 5.55. The van der Waals surface area contributed by atoms with E-state index in [2.05, 4.69) is 20.7 Å². The number of nitrogens with one attached hydrogen (secondary N) is 2. The largest absolute Gasteiger partial charge is 0.352 e. The zero-order valence-electron chi connectivity index (χ0n) is 16.1. The molecule has 2 aliphatic rings. The Kier molecular flexibility index (Phi) is 5.28. The van der Waals surface area contributed by atoms with Crippen LogP contribution in [-0.2, 0) is 16.1 Å². The molecule has 1 spiro atoms. The summed E-state index contributed by atoms with van der Waals surface area (Å²) in [4.78, 5) is 42.7. The zero-order chi connectivity index (χ0) is 20.3. The van der Waals surface area contributed by atoms with Gasteiger partial charge in [-0.2, -0.15) is 5.10 Å². The summed E-state index contributed by atoms with van der Waals surface area (Å²) in [5, 5.41) is 9.83. The first kappa shape index (κ1) is 19.1. The van der Waals surface area contributed by atoms with E-state index in [-0.39, 0.29) is 30.8 Å². The van der Waals surface area contributed by atoms with Gasteiger partial charge >= 0.3 is 6.03 Å². The fourth-order valence-corrected chi connectivity index (χ4v) is 3.98. The van der Waals surface area contributed by atoms with Gasteiger partial charge in [-0.15, -0.1) is 0 Å². The van der Waals surface area contributed by atoms with Crippen molar-refractivity contribution in [2.75, 3.05) is 6.54 Å². The summed E-state index contributed by atoms with van der Waals surface area (Å²) in [5.74, 6) is 0.263. The van der Waals surface area contributed by atoms with Gasteiger partial charge in [0.25, 0.3) is 5.91 Å². The van der Waals surface area contributed by atoms with E-state index in [0.29, 0.717) is 25.2 Å². The second-order valence-corrected chi connectivity index (χ2v) is 7.53. The molecule has 0 unspecified atom stereocenters. The van der Waals surface area contributed by atoms with Crippen molar-refractivity contribution in [3.63, 3.8) is 0 Å². The minimum Gasteiger partial charge on any atom is -0.352 e. The number of hydrogen-bond acceptors (Lipinski definition) is 5. The molecule has 1 aliphatic carbocycles. The van der Waals surface area contributed by atoms with Crippen LogP contribution in [0.3, 0.4) is 0 Å². The van der Waals surface area contributed by atoms with Crippen LogP contribution >= 0.6 is 0 Å². The molecule has 3 heterocycles. The van der Waals surface area contributed by atoms with E-state index in [1.54, 1.807) is 23.3 Å². The molecule has 2 aromatic rings. The molecule has 2 fully saturated rings. The van der Waals surface area contributed by atoms with Crippen LogP contribution in [0.4, 0.5) is 4.79 Å². The van der Waals surface area contributed by atoms with Crippen molar-refractivity contribution >= 4 is 17.8 Å².